The fourth-order valence-corrected chi connectivity index (χ4v) is 12.8. The number of carbonyl (C=O) groups excluding carboxylic acids is 7. The summed E-state index contributed by atoms with van der Waals surface area (Å²) in [4.78, 5) is 89.6. The summed E-state index contributed by atoms with van der Waals surface area (Å²) < 4.78 is 79.4. The van der Waals surface area contributed by atoms with Crippen molar-refractivity contribution in [3.63, 3.8) is 0 Å². The molecular formula is C56H93N7O35. The van der Waals surface area contributed by atoms with Gasteiger partial charge in [-0.1, -0.05) is 0 Å². The topological polar surface area (TPSA) is 627 Å². The van der Waals surface area contributed by atoms with E-state index in [4.69, 9.17) is 61.6 Å². The summed E-state index contributed by atoms with van der Waals surface area (Å²) in [7, 11) is 0. The number of carbonyl (C=O) groups is 7. The van der Waals surface area contributed by atoms with Crippen LogP contribution in [0.2, 0.25) is 0 Å². The molecule has 0 aromatic heterocycles. The van der Waals surface area contributed by atoms with Crippen LogP contribution in [0.1, 0.15) is 55.4 Å². The molecule has 42 heteroatoms. The summed E-state index contributed by atoms with van der Waals surface area (Å²) in [6.07, 6.45) is -53.0. The van der Waals surface area contributed by atoms with Gasteiger partial charge in [0.1, 0.15) is 158 Å². The van der Waals surface area contributed by atoms with E-state index in [1.807, 2.05) is 0 Å². The fraction of sp³-hybridized carbons (Fsp3) is 0.875. The number of aliphatic hydroxyl groups is 15. The van der Waals surface area contributed by atoms with Gasteiger partial charge in [0, 0.05) is 48.5 Å². The molecule has 0 aromatic rings. The number of aliphatic hydroxyl groups excluding tert-OH is 15. The Morgan fingerprint density at radius 1 is 0.265 bits per heavy atom. The Labute approximate surface area is 558 Å². The Morgan fingerprint density at radius 3 is 0.878 bits per heavy atom. The van der Waals surface area contributed by atoms with Crippen molar-refractivity contribution in [1.29, 1.82) is 0 Å². The fourth-order valence-electron chi connectivity index (χ4n) is 12.8. The number of rotatable bonds is 25. The summed E-state index contributed by atoms with van der Waals surface area (Å²) in [5, 5.41) is 184. The highest BCUT2D eigenvalue weighted by molar-refractivity contribution is 5.76. The molecule has 22 N–H and O–H groups in total. The number of amides is 7. The molecule has 0 aliphatic carbocycles. The molecule has 7 saturated heterocycles. The number of nitrogens with one attached hydrogen (secondary N) is 7. The van der Waals surface area contributed by atoms with Crippen molar-refractivity contribution >= 4 is 41.4 Å². The summed E-state index contributed by atoms with van der Waals surface area (Å²) >= 11 is 0. The molecule has 0 spiro atoms. The van der Waals surface area contributed by atoms with Crippen molar-refractivity contribution in [3.8, 4) is 0 Å². The van der Waals surface area contributed by atoms with E-state index in [0.29, 0.717) is 0 Å². The van der Waals surface area contributed by atoms with Crippen LogP contribution in [0.25, 0.3) is 0 Å². The molecule has 7 aliphatic heterocycles. The standard InChI is InChI=1S/C56H93N7O35/c1-15-29(57-16(2)70)48(34(50(85)86-15)62-21(7)75)97-54-33(61-20(6)74)41(82)45(26(12-67)91-54)94-52-31(59-18(4)72)39(80)46(27(13-68)89-52)95-55-35(63-22(8)76)49(98-56-43(84)42(83)37(78)24(10-65)88-56)47(28(14-69)92-55)96-53-32(60-19(5)73)40(81)44(25(11-66)90-53)93-51-30(58-17(3)71)38(79)36(77)23(9-64)87-51/h15,23-56,64-69,77-85H,9-14H2,1-8H3,(H,57,70)(H,58,71)(H,59,72)(H,60,73)(H,61,74)(H,62,75)(H,63,76)/t15-,23-,24-,25-,26-,27-,28-,29-,30-,31-,32-,33-,34-,35-,36+,37-,38-,39-,40-,41-,42+,43-,44+,45+,46+,47+,48+,49-,50-,51-,52-,53-,54-,55-,56+/m1/s1. The van der Waals surface area contributed by atoms with Gasteiger partial charge in [0.25, 0.3) is 0 Å². The predicted molar refractivity (Wildman–Crippen MR) is 312 cm³/mol. The Balaban J connectivity index is 1.22. The van der Waals surface area contributed by atoms with E-state index in [2.05, 4.69) is 37.2 Å². The maximum Gasteiger partial charge on any atom is 0.217 e. The largest absolute Gasteiger partial charge is 0.394 e. The lowest BCUT2D eigenvalue weighted by atomic mass is 9.92. The Bertz CT molecular complexity index is 2640. The zero-order valence-corrected chi connectivity index (χ0v) is 54.3. The van der Waals surface area contributed by atoms with Gasteiger partial charge in [0.15, 0.2) is 44.0 Å². The van der Waals surface area contributed by atoms with Crippen molar-refractivity contribution in [1.82, 2.24) is 37.2 Å². The van der Waals surface area contributed by atoms with Crippen LogP contribution in [-0.4, -0.2) is 372 Å². The number of ether oxygens (including phenoxy) is 13. The molecule has 0 unspecified atom stereocenters. The zero-order chi connectivity index (χ0) is 72.6. The molecule has 0 radical (unpaired) electrons. The predicted octanol–water partition coefficient (Wildman–Crippen LogP) is -14.2. The van der Waals surface area contributed by atoms with E-state index < -0.39 is 295 Å². The van der Waals surface area contributed by atoms with Crippen LogP contribution in [0, 0.1) is 0 Å². The molecule has 7 amide bonds. The van der Waals surface area contributed by atoms with Crippen molar-refractivity contribution in [3.05, 3.63) is 0 Å². The van der Waals surface area contributed by atoms with Crippen molar-refractivity contribution in [2.24, 2.45) is 0 Å². The van der Waals surface area contributed by atoms with Crippen molar-refractivity contribution in [2.45, 2.75) is 270 Å². The van der Waals surface area contributed by atoms with Gasteiger partial charge >= 0.3 is 0 Å². The minimum Gasteiger partial charge on any atom is -0.394 e. The molecule has 562 valence electrons. The van der Waals surface area contributed by atoms with E-state index in [9.17, 15) is 110 Å². The van der Waals surface area contributed by atoms with Crippen LogP contribution in [0.4, 0.5) is 0 Å². The first-order valence-electron chi connectivity index (χ1n) is 31.4. The van der Waals surface area contributed by atoms with Gasteiger partial charge in [0.2, 0.25) is 41.4 Å². The van der Waals surface area contributed by atoms with Crippen LogP contribution in [0.3, 0.4) is 0 Å². The Kier molecular flexibility index (Phi) is 29.0. The van der Waals surface area contributed by atoms with E-state index in [0.717, 1.165) is 48.5 Å². The van der Waals surface area contributed by atoms with Crippen LogP contribution >= 0.6 is 0 Å². The van der Waals surface area contributed by atoms with Gasteiger partial charge in [-0.05, 0) is 6.92 Å². The van der Waals surface area contributed by atoms with Gasteiger partial charge in [-0.3, -0.25) is 33.6 Å². The van der Waals surface area contributed by atoms with E-state index in [1.54, 1.807) is 0 Å². The Morgan fingerprint density at radius 2 is 0.520 bits per heavy atom. The maximum atomic E-state index is 13.5. The normalized spacial score (nSPS) is 44.5. The molecule has 0 saturated carbocycles. The van der Waals surface area contributed by atoms with Crippen LogP contribution in [0.15, 0.2) is 0 Å². The summed E-state index contributed by atoms with van der Waals surface area (Å²) in [6.45, 7) is 2.40. The third-order valence-corrected chi connectivity index (χ3v) is 17.3. The number of hydrogen-bond donors (Lipinski definition) is 22. The molecule has 0 aromatic carbocycles. The average molecular weight is 1420 g/mol. The first kappa shape index (κ1) is 80.5. The minimum absolute atomic E-state index is 0.608. The SMILES string of the molecule is CC(=O)N[C@@H]1[C@@H](O[C@H]2O[C@H](CO)[C@H](O[C@H]3O[C@H](CO)[C@H](O[C@H]4O[C@H](CO)[C@H](O[C@H]5O[C@H](CO)[C@H](O[C@H]6O[C@H](CO)[C@H](O)[C@H](O)[C@H]6NC(C)=O)[C@H](O)[C@H]5NC(C)=O)[C@H](O[C@@H]5O[C@H](CO)[C@@H](O)[C@H](O)[C@H]5O)[C@H]4NC(C)=O)[C@H](O)[C@H]3NC(C)=O)[C@H](O)[C@H]2NC(C)=O)[C@H](NC(C)=O)[C@@H](C)O[C@H]1O. The second-order valence-electron chi connectivity index (χ2n) is 24.7. The molecule has 7 heterocycles. The highest BCUT2D eigenvalue weighted by Crippen LogP contribution is 2.39. The van der Waals surface area contributed by atoms with E-state index in [1.165, 1.54) is 6.92 Å². The highest BCUT2D eigenvalue weighted by Gasteiger charge is 2.60. The molecule has 7 fully saturated rings. The number of hydrogen-bond acceptors (Lipinski definition) is 35. The third kappa shape index (κ3) is 18.7. The second-order valence-corrected chi connectivity index (χ2v) is 24.7. The quantitative estimate of drug-likeness (QED) is 0.0404. The molecular weight excluding hydrogens is 1330 g/mol. The van der Waals surface area contributed by atoms with Gasteiger partial charge < -0.3 is 175 Å². The Hall–Kier alpha value is -4.83. The van der Waals surface area contributed by atoms with E-state index >= 15 is 0 Å². The van der Waals surface area contributed by atoms with Crippen LogP contribution < -0.4 is 37.2 Å². The third-order valence-electron chi connectivity index (χ3n) is 17.3. The lowest BCUT2D eigenvalue weighted by Gasteiger charge is -2.53. The monoisotopic (exact) mass is 1420 g/mol. The molecule has 7 aliphatic rings. The summed E-state index contributed by atoms with van der Waals surface area (Å²) in [5.74, 6) is -5.63. The first-order chi connectivity index (χ1) is 46.2. The molecule has 35 atom stereocenters. The summed E-state index contributed by atoms with van der Waals surface area (Å²) in [5.41, 5.74) is 0. The average Bonchev–Trinajstić information content (AvgIpc) is 0.763. The lowest BCUT2D eigenvalue weighted by molar-refractivity contribution is -0.385. The van der Waals surface area contributed by atoms with Gasteiger partial charge in [0.05, 0.1) is 51.8 Å². The molecule has 7 rings (SSSR count). The molecule has 42 nitrogen and oxygen atoms in total. The summed E-state index contributed by atoms with van der Waals surface area (Å²) in [6, 6.07) is -11.6. The molecule has 98 heavy (non-hydrogen) atoms. The van der Waals surface area contributed by atoms with Crippen molar-refractivity contribution in [2.75, 3.05) is 39.6 Å². The van der Waals surface area contributed by atoms with Gasteiger partial charge in [-0.2, -0.15) is 0 Å². The van der Waals surface area contributed by atoms with E-state index in [-0.39, 0.29) is 0 Å². The minimum atomic E-state index is -2.24. The molecule has 0 bridgehead atoms. The smallest absolute Gasteiger partial charge is 0.217 e. The van der Waals surface area contributed by atoms with Crippen LogP contribution in [-0.2, 0) is 95.1 Å². The first-order valence-corrected chi connectivity index (χ1v) is 31.4. The van der Waals surface area contributed by atoms with Gasteiger partial charge in [-0.15, -0.1) is 0 Å². The van der Waals surface area contributed by atoms with Crippen LogP contribution in [0.5, 0.6) is 0 Å². The van der Waals surface area contributed by atoms with Crippen molar-refractivity contribution < 1.29 is 172 Å². The second kappa shape index (κ2) is 35.4. The van der Waals surface area contributed by atoms with Gasteiger partial charge in [-0.25, -0.2) is 0 Å². The maximum absolute atomic E-state index is 13.5. The highest BCUT2D eigenvalue weighted by atomic mass is 16.8. The lowest BCUT2D eigenvalue weighted by Crippen LogP contribution is -2.73. The zero-order valence-electron chi connectivity index (χ0n) is 54.3.